The molecule has 9 nitrogen and oxygen atoms in total. The summed E-state index contributed by atoms with van der Waals surface area (Å²) in [4.78, 5) is 28.7. The van der Waals surface area contributed by atoms with Gasteiger partial charge >= 0.3 is 0 Å². The van der Waals surface area contributed by atoms with E-state index < -0.39 is 39.9 Å². The van der Waals surface area contributed by atoms with E-state index in [2.05, 4.69) is 5.32 Å². The molecule has 3 aromatic carbocycles. The second-order valence-corrected chi connectivity index (χ2v) is 12.5. The van der Waals surface area contributed by atoms with Crippen molar-refractivity contribution >= 4 is 27.5 Å². The van der Waals surface area contributed by atoms with Crippen LogP contribution >= 0.6 is 0 Å². The number of sulfonamides is 1. The van der Waals surface area contributed by atoms with Gasteiger partial charge in [-0.2, -0.15) is 0 Å². The van der Waals surface area contributed by atoms with Crippen LogP contribution in [0.1, 0.15) is 39.7 Å². The number of carbonyl (C=O) groups is 2. The number of ether oxygens (including phenoxy) is 2. The van der Waals surface area contributed by atoms with Gasteiger partial charge in [0.1, 0.15) is 18.4 Å². The first-order valence-corrected chi connectivity index (χ1v) is 14.9. The van der Waals surface area contributed by atoms with E-state index >= 15 is 0 Å². The average molecular weight is 600 g/mol. The summed E-state index contributed by atoms with van der Waals surface area (Å²) in [5, 5.41) is 2.93. The molecule has 226 valence electrons. The molecule has 42 heavy (non-hydrogen) atoms. The molecule has 1 N–H and O–H groups in total. The molecular formula is C31H38FN3O6S. The normalized spacial score (nSPS) is 12.3. The van der Waals surface area contributed by atoms with Crippen molar-refractivity contribution in [1.82, 2.24) is 10.2 Å². The van der Waals surface area contributed by atoms with Crippen LogP contribution in [0.5, 0.6) is 11.5 Å². The van der Waals surface area contributed by atoms with Crippen LogP contribution in [-0.2, 0) is 26.2 Å². The fourth-order valence-corrected chi connectivity index (χ4v) is 5.82. The third kappa shape index (κ3) is 8.00. The van der Waals surface area contributed by atoms with E-state index in [0.29, 0.717) is 12.2 Å². The molecule has 0 aliphatic heterocycles. The molecule has 0 fully saturated rings. The van der Waals surface area contributed by atoms with Gasteiger partial charge in [0, 0.05) is 18.2 Å². The molecule has 0 saturated heterocycles. The van der Waals surface area contributed by atoms with Gasteiger partial charge in [-0.1, -0.05) is 37.3 Å². The van der Waals surface area contributed by atoms with Gasteiger partial charge in [0.05, 0.1) is 24.8 Å². The lowest BCUT2D eigenvalue weighted by molar-refractivity contribution is -0.141. The van der Waals surface area contributed by atoms with E-state index in [1.54, 1.807) is 6.92 Å². The number of hydrogen-bond donors (Lipinski definition) is 1. The van der Waals surface area contributed by atoms with Crippen LogP contribution in [0, 0.1) is 5.82 Å². The second kappa shape index (κ2) is 13.7. The summed E-state index contributed by atoms with van der Waals surface area (Å²) in [5.41, 5.74) is 0.290. The van der Waals surface area contributed by atoms with E-state index in [9.17, 15) is 22.4 Å². The van der Waals surface area contributed by atoms with Crippen molar-refractivity contribution in [3.8, 4) is 11.5 Å². The van der Waals surface area contributed by atoms with Crippen LogP contribution in [0.3, 0.4) is 0 Å². The SMILES string of the molecule is CCC(C(=O)NC(C)(C)C)N(Cc1ccccc1)C(=O)CN(c1ccc(F)cc1)S(=O)(=O)c1ccc(OC)c(OC)c1. The first kappa shape index (κ1) is 32.4. The molecule has 0 heterocycles. The smallest absolute Gasteiger partial charge is 0.264 e. The summed E-state index contributed by atoms with van der Waals surface area (Å²) < 4.78 is 53.4. The summed E-state index contributed by atoms with van der Waals surface area (Å²) in [7, 11) is -1.57. The van der Waals surface area contributed by atoms with Crippen molar-refractivity contribution in [3.05, 3.63) is 84.2 Å². The highest BCUT2D eigenvalue weighted by atomic mass is 32.2. The van der Waals surface area contributed by atoms with E-state index in [1.807, 2.05) is 51.1 Å². The van der Waals surface area contributed by atoms with E-state index in [0.717, 1.165) is 22.0 Å². The molecule has 1 atom stereocenters. The molecular weight excluding hydrogens is 561 g/mol. The fourth-order valence-electron chi connectivity index (χ4n) is 4.39. The lowest BCUT2D eigenvalue weighted by atomic mass is 10.1. The standard InChI is InChI=1S/C31H38FN3O6S/c1-7-26(30(37)33-31(2,3)4)34(20-22-11-9-8-10-12-22)29(36)21-35(24-15-13-23(32)14-16-24)42(38,39)25-17-18-27(40-5)28(19-25)41-6/h8-19,26H,7,20-21H2,1-6H3,(H,33,37). The highest BCUT2D eigenvalue weighted by Gasteiger charge is 2.35. The predicted molar refractivity (Wildman–Crippen MR) is 159 cm³/mol. The number of carbonyl (C=O) groups excluding carboxylic acids is 2. The first-order chi connectivity index (χ1) is 19.8. The van der Waals surface area contributed by atoms with Gasteiger partial charge in [-0.15, -0.1) is 0 Å². The monoisotopic (exact) mass is 599 g/mol. The zero-order chi connectivity index (χ0) is 31.1. The average Bonchev–Trinajstić information content (AvgIpc) is 2.95. The molecule has 0 radical (unpaired) electrons. The van der Waals surface area contributed by atoms with Crippen molar-refractivity contribution < 1.29 is 31.9 Å². The zero-order valence-corrected chi connectivity index (χ0v) is 25.6. The Balaban J connectivity index is 2.09. The largest absolute Gasteiger partial charge is 0.493 e. The van der Waals surface area contributed by atoms with Crippen LogP contribution in [0.25, 0.3) is 0 Å². The Kier molecular flexibility index (Phi) is 10.6. The molecule has 3 aromatic rings. The molecule has 0 aliphatic carbocycles. The zero-order valence-electron chi connectivity index (χ0n) is 24.8. The summed E-state index contributed by atoms with van der Waals surface area (Å²) >= 11 is 0. The van der Waals surface area contributed by atoms with Crippen molar-refractivity contribution in [1.29, 1.82) is 0 Å². The number of anilines is 1. The molecule has 0 saturated carbocycles. The maximum atomic E-state index is 14.1. The van der Waals surface area contributed by atoms with Crippen LogP contribution in [-0.4, -0.2) is 57.5 Å². The summed E-state index contributed by atoms with van der Waals surface area (Å²) in [5.74, 6) is -1.03. The molecule has 0 aliphatic rings. The Morgan fingerprint density at radius 2 is 1.55 bits per heavy atom. The number of methoxy groups -OCH3 is 2. The minimum atomic E-state index is -4.38. The lowest BCUT2D eigenvalue weighted by Gasteiger charge is -2.34. The molecule has 0 spiro atoms. The molecule has 11 heteroatoms. The summed E-state index contributed by atoms with van der Waals surface area (Å²) in [6, 6.07) is 17.1. The molecule has 2 amide bonds. The molecule has 3 rings (SSSR count). The van der Waals surface area contributed by atoms with Crippen molar-refractivity contribution in [2.45, 2.75) is 57.1 Å². The number of nitrogens with zero attached hydrogens (tertiary/aromatic N) is 2. The van der Waals surface area contributed by atoms with Gasteiger partial charge in [-0.25, -0.2) is 12.8 Å². The van der Waals surface area contributed by atoms with Gasteiger partial charge in [-0.3, -0.25) is 13.9 Å². The second-order valence-electron chi connectivity index (χ2n) is 10.7. The lowest BCUT2D eigenvalue weighted by Crippen LogP contribution is -2.55. The third-order valence-electron chi connectivity index (χ3n) is 6.42. The maximum Gasteiger partial charge on any atom is 0.264 e. The first-order valence-electron chi connectivity index (χ1n) is 13.5. The number of rotatable bonds is 12. The third-order valence-corrected chi connectivity index (χ3v) is 8.19. The van der Waals surface area contributed by atoms with Crippen molar-refractivity contribution in [2.75, 3.05) is 25.1 Å². The summed E-state index contributed by atoms with van der Waals surface area (Å²) in [6.45, 7) is 6.74. The predicted octanol–water partition coefficient (Wildman–Crippen LogP) is 4.76. The quantitative estimate of drug-likeness (QED) is 0.322. The topological polar surface area (TPSA) is 105 Å². The number of nitrogens with one attached hydrogen (secondary N) is 1. The Hall–Kier alpha value is -4.12. The van der Waals surface area contributed by atoms with Crippen LogP contribution < -0.4 is 19.1 Å². The van der Waals surface area contributed by atoms with Crippen LogP contribution in [0.2, 0.25) is 0 Å². The van der Waals surface area contributed by atoms with Crippen LogP contribution in [0.4, 0.5) is 10.1 Å². The Morgan fingerprint density at radius 1 is 0.929 bits per heavy atom. The highest BCUT2D eigenvalue weighted by Crippen LogP contribution is 2.32. The molecule has 1 unspecified atom stereocenters. The van der Waals surface area contributed by atoms with E-state index in [1.165, 1.54) is 49.5 Å². The van der Waals surface area contributed by atoms with Crippen molar-refractivity contribution in [3.63, 3.8) is 0 Å². The molecule has 0 bridgehead atoms. The highest BCUT2D eigenvalue weighted by molar-refractivity contribution is 7.92. The number of benzene rings is 3. The number of amides is 2. The maximum absolute atomic E-state index is 14.1. The van der Waals surface area contributed by atoms with Gasteiger partial charge < -0.3 is 19.7 Å². The van der Waals surface area contributed by atoms with Gasteiger partial charge in [0.15, 0.2) is 11.5 Å². The Labute approximate surface area is 247 Å². The Bertz CT molecular complexity index is 1470. The number of hydrogen-bond acceptors (Lipinski definition) is 6. The van der Waals surface area contributed by atoms with E-state index in [-0.39, 0.29) is 28.8 Å². The fraction of sp³-hybridized carbons (Fsp3) is 0.355. The summed E-state index contributed by atoms with van der Waals surface area (Å²) in [6.07, 6.45) is 0.291. The van der Waals surface area contributed by atoms with Crippen LogP contribution in [0.15, 0.2) is 77.7 Å². The Morgan fingerprint density at radius 3 is 2.10 bits per heavy atom. The van der Waals surface area contributed by atoms with Gasteiger partial charge in [-0.05, 0) is 69.2 Å². The minimum absolute atomic E-state index is 0.0728. The van der Waals surface area contributed by atoms with E-state index in [4.69, 9.17) is 9.47 Å². The van der Waals surface area contributed by atoms with Crippen molar-refractivity contribution in [2.24, 2.45) is 0 Å². The number of halogens is 1. The van der Waals surface area contributed by atoms with Gasteiger partial charge in [0.25, 0.3) is 10.0 Å². The minimum Gasteiger partial charge on any atom is -0.493 e. The van der Waals surface area contributed by atoms with Gasteiger partial charge in [0.2, 0.25) is 11.8 Å². The molecule has 0 aromatic heterocycles.